The Morgan fingerprint density at radius 2 is 1.73 bits per heavy atom. The molecule has 30 heavy (non-hydrogen) atoms. The van der Waals surface area contributed by atoms with Crippen LogP contribution in [-0.4, -0.2) is 27.5 Å². The van der Waals surface area contributed by atoms with E-state index in [1.165, 1.54) is 31.4 Å². The predicted octanol–water partition coefficient (Wildman–Crippen LogP) is 4.05. The van der Waals surface area contributed by atoms with Crippen molar-refractivity contribution in [2.45, 2.75) is 43.5 Å². The van der Waals surface area contributed by atoms with Crippen LogP contribution in [0.15, 0.2) is 53.4 Å². The number of anilines is 1. The maximum atomic E-state index is 12.8. The predicted molar refractivity (Wildman–Crippen MR) is 116 cm³/mol. The highest BCUT2D eigenvalue weighted by Crippen LogP contribution is 2.49. The van der Waals surface area contributed by atoms with Crippen molar-refractivity contribution in [1.82, 2.24) is 4.72 Å². The van der Waals surface area contributed by atoms with Gasteiger partial charge >= 0.3 is 0 Å². The van der Waals surface area contributed by atoms with Gasteiger partial charge in [-0.3, -0.25) is 4.79 Å². The summed E-state index contributed by atoms with van der Waals surface area (Å²) in [5, 5.41) is 2.78. The third-order valence-corrected chi connectivity index (χ3v) is 8.13. The highest BCUT2D eigenvalue weighted by Gasteiger charge is 2.42. The minimum absolute atomic E-state index is 0.0697. The number of nitrogens with one attached hydrogen (secondary N) is 2. The summed E-state index contributed by atoms with van der Waals surface area (Å²) in [7, 11) is -2.03. The van der Waals surface area contributed by atoms with E-state index in [1.807, 2.05) is 6.92 Å². The summed E-state index contributed by atoms with van der Waals surface area (Å²) in [4.78, 5) is 12.6. The molecule has 0 radical (unpaired) electrons. The van der Waals surface area contributed by atoms with Crippen LogP contribution in [0, 0.1) is 17.8 Å². The van der Waals surface area contributed by atoms with Gasteiger partial charge in [0.15, 0.2) is 0 Å². The average Bonchev–Trinajstić information content (AvgIpc) is 3.38. The molecule has 0 aliphatic heterocycles. The lowest BCUT2D eigenvalue weighted by atomic mass is 9.84. The van der Waals surface area contributed by atoms with E-state index in [-0.39, 0.29) is 16.8 Å². The zero-order valence-corrected chi connectivity index (χ0v) is 18.1. The monoisotopic (exact) mass is 428 g/mol. The molecule has 2 aliphatic carbocycles. The number of methoxy groups -OCH3 is 1. The lowest BCUT2D eigenvalue weighted by Crippen LogP contribution is -2.40. The van der Waals surface area contributed by atoms with Crippen LogP contribution in [0.25, 0.3) is 0 Å². The van der Waals surface area contributed by atoms with Gasteiger partial charge in [0.25, 0.3) is 5.91 Å². The fraction of sp³-hybridized carbons (Fsp3) is 0.435. The van der Waals surface area contributed by atoms with E-state index in [0.29, 0.717) is 28.8 Å². The van der Waals surface area contributed by atoms with Crippen LogP contribution in [0.5, 0.6) is 5.75 Å². The standard InChI is InChI=1S/C23H28N2O4S/c1-15(22-14-16-3-4-18(22)13-16)25-30(27,28)21-11-7-19(8-12-21)24-23(26)17-5-9-20(29-2)10-6-17/h5-12,15-16,18,22,25H,3-4,13-14H2,1-2H3,(H,24,26)/t15-,16-,18-,22+/m0/s1. The molecule has 0 unspecified atom stereocenters. The van der Waals surface area contributed by atoms with Crippen molar-refractivity contribution >= 4 is 21.6 Å². The SMILES string of the molecule is COc1ccc(C(=O)Nc2ccc(S(=O)(=O)N[C@@H](C)[C@H]3C[C@H]4CC[C@H]3C4)cc2)cc1. The smallest absolute Gasteiger partial charge is 0.255 e. The van der Waals surface area contributed by atoms with E-state index in [9.17, 15) is 13.2 Å². The summed E-state index contributed by atoms with van der Waals surface area (Å²) < 4.78 is 33.6. The van der Waals surface area contributed by atoms with Gasteiger partial charge in [-0.05, 0) is 92.5 Å². The number of hydrogen-bond donors (Lipinski definition) is 2. The molecule has 4 rings (SSSR count). The minimum Gasteiger partial charge on any atom is -0.497 e. The normalized spacial score (nSPS) is 23.9. The molecule has 0 aromatic heterocycles. The first-order valence-electron chi connectivity index (χ1n) is 10.4. The second-order valence-electron chi connectivity index (χ2n) is 8.46. The van der Waals surface area contributed by atoms with E-state index in [1.54, 1.807) is 43.5 Å². The zero-order chi connectivity index (χ0) is 21.3. The average molecular weight is 429 g/mol. The highest BCUT2D eigenvalue weighted by molar-refractivity contribution is 7.89. The Labute approximate surface area is 178 Å². The van der Waals surface area contributed by atoms with Gasteiger partial charge in [0.05, 0.1) is 12.0 Å². The first-order chi connectivity index (χ1) is 14.4. The number of ether oxygens (including phenoxy) is 1. The van der Waals surface area contributed by atoms with Crippen molar-refractivity contribution < 1.29 is 17.9 Å². The molecular weight excluding hydrogens is 400 g/mol. The number of rotatable bonds is 7. The Hall–Kier alpha value is -2.38. The van der Waals surface area contributed by atoms with Crippen molar-refractivity contribution in [3.63, 3.8) is 0 Å². The fourth-order valence-corrected chi connectivity index (χ4v) is 6.26. The lowest BCUT2D eigenvalue weighted by Gasteiger charge is -2.28. The molecule has 0 saturated heterocycles. The van der Waals surface area contributed by atoms with Gasteiger partial charge in [-0.2, -0.15) is 0 Å². The van der Waals surface area contributed by atoms with Crippen LogP contribution in [0.2, 0.25) is 0 Å². The topological polar surface area (TPSA) is 84.5 Å². The lowest BCUT2D eigenvalue weighted by molar-refractivity contribution is 0.102. The number of carbonyl (C=O) groups is 1. The number of carbonyl (C=O) groups excluding carboxylic acids is 1. The van der Waals surface area contributed by atoms with E-state index < -0.39 is 10.0 Å². The van der Waals surface area contributed by atoms with Crippen molar-refractivity contribution in [2.75, 3.05) is 12.4 Å². The van der Waals surface area contributed by atoms with Gasteiger partial charge in [-0.15, -0.1) is 0 Å². The molecule has 4 atom stereocenters. The third-order valence-electron chi connectivity index (χ3n) is 6.55. The number of benzene rings is 2. The molecular formula is C23H28N2O4S. The van der Waals surface area contributed by atoms with Gasteiger partial charge in [-0.25, -0.2) is 13.1 Å². The molecule has 2 saturated carbocycles. The molecule has 0 heterocycles. The number of amides is 1. The quantitative estimate of drug-likeness (QED) is 0.697. The summed E-state index contributed by atoms with van der Waals surface area (Å²) in [6.07, 6.45) is 4.90. The molecule has 160 valence electrons. The zero-order valence-electron chi connectivity index (χ0n) is 17.3. The largest absolute Gasteiger partial charge is 0.497 e. The van der Waals surface area contributed by atoms with Crippen molar-refractivity contribution in [2.24, 2.45) is 17.8 Å². The van der Waals surface area contributed by atoms with Gasteiger partial charge in [0, 0.05) is 17.3 Å². The summed E-state index contributed by atoms with van der Waals surface area (Å²) in [6, 6.07) is 13.0. The molecule has 7 heteroatoms. The number of sulfonamides is 1. The molecule has 2 N–H and O–H groups in total. The van der Waals surface area contributed by atoms with E-state index >= 15 is 0 Å². The summed E-state index contributed by atoms with van der Waals surface area (Å²) >= 11 is 0. The van der Waals surface area contributed by atoms with Gasteiger partial charge < -0.3 is 10.1 Å². The Kier molecular flexibility index (Phi) is 5.84. The summed E-state index contributed by atoms with van der Waals surface area (Å²) in [5.74, 6) is 2.27. The second-order valence-corrected chi connectivity index (χ2v) is 10.2. The second kappa shape index (κ2) is 8.40. The molecule has 0 spiro atoms. The first kappa shape index (κ1) is 20.9. The van der Waals surface area contributed by atoms with Crippen LogP contribution in [0.4, 0.5) is 5.69 Å². The third kappa shape index (κ3) is 4.37. The van der Waals surface area contributed by atoms with Crippen LogP contribution in [-0.2, 0) is 10.0 Å². The van der Waals surface area contributed by atoms with Crippen molar-refractivity contribution in [3.8, 4) is 5.75 Å². The van der Waals surface area contributed by atoms with Crippen LogP contribution >= 0.6 is 0 Å². The fourth-order valence-electron chi connectivity index (χ4n) is 4.97. The van der Waals surface area contributed by atoms with Crippen molar-refractivity contribution in [1.29, 1.82) is 0 Å². The molecule has 2 fully saturated rings. The van der Waals surface area contributed by atoms with Crippen LogP contribution < -0.4 is 14.8 Å². The maximum Gasteiger partial charge on any atom is 0.255 e. The Balaban J connectivity index is 1.38. The number of fused-ring (bicyclic) bond motifs is 2. The van der Waals surface area contributed by atoms with Crippen LogP contribution in [0.3, 0.4) is 0 Å². The van der Waals surface area contributed by atoms with Gasteiger partial charge in [0.1, 0.15) is 5.75 Å². The van der Waals surface area contributed by atoms with Crippen molar-refractivity contribution in [3.05, 3.63) is 54.1 Å². The minimum atomic E-state index is -3.60. The molecule has 2 aromatic carbocycles. The van der Waals surface area contributed by atoms with Gasteiger partial charge in [0.2, 0.25) is 10.0 Å². The maximum absolute atomic E-state index is 12.8. The van der Waals surface area contributed by atoms with E-state index in [0.717, 1.165) is 12.3 Å². The highest BCUT2D eigenvalue weighted by atomic mass is 32.2. The Bertz CT molecular complexity index is 1000. The molecule has 6 nitrogen and oxygen atoms in total. The van der Waals surface area contributed by atoms with Gasteiger partial charge in [-0.1, -0.05) is 6.42 Å². The summed E-state index contributed by atoms with van der Waals surface area (Å²) in [6.45, 7) is 1.98. The van der Waals surface area contributed by atoms with Crippen LogP contribution in [0.1, 0.15) is 43.0 Å². The molecule has 2 aromatic rings. The summed E-state index contributed by atoms with van der Waals surface area (Å²) in [5.41, 5.74) is 1.03. The molecule has 2 aliphatic rings. The molecule has 2 bridgehead atoms. The van der Waals surface area contributed by atoms with E-state index in [2.05, 4.69) is 10.0 Å². The number of hydrogen-bond acceptors (Lipinski definition) is 4. The Morgan fingerprint density at radius 3 is 2.30 bits per heavy atom. The van der Waals surface area contributed by atoms with E-state index in [4.69, 9.17) is 4.74 Å². The molecule has 1 amide bonds. The Morgan fingerprint density at radius 1 is 1.03 bits per heavy atom. The first-order valence-corrected chi connectivity index (χ1v) is 11.9.